The number of ether oxygens (including phenoxy) is 1. The smallest absolute Gasteiger partial charge is 0.343 e. The van der Waals surface area contributed by atoms with Gasteiger partial charge in [-0.3, -0.25) is 4.79 Å². The number of amides is 1. The fourth-order valence-electron chi connectivity index (χ4n) is 2.57. The number of nitrogens with one attached hydrogen (secondary N) is 2. The molecule has 3 rings (SSSR count). The quantitative estimate of drug-likeness (QED) is 0.270. The standard InChI is InChI=1S/C23H20FN3O3/c1-16-5-2-3-8-21(16)25-15-22(28)27-26-14-17-9-11-20(12-10-17)30-23(29)18-6-4-7-19(24)13-18/h2-14,25H,15H2,1H3,(H,27,28)/b26-14+. The van der Waals surface area contributed by atoms with Gasteiger partial charge in [-0.05, 0) is 66.6 Å². The Morgan fingerprint density at radius 1 is 1.03 bits per heavy atom. The van der Waals surface area contributed by atoms with Gasteiger partial charge in [-0.25, -0.2) is 14.6 Å². The first-order valence-electron chi connectivity index (χ1n) is 9.20. The molecule has 0 unspecified atom stereocenters. The second-order valence-corrected chi connectivity index (χ2v) is 6.43. The maximum absolute atomic E-state index is 13.2. The van der Waals surface area contributed by atoms with E-state index in [1.807, 2.05) is 31.2 Å². The van der Waals surface area contributed by atoms with Crippen LogP contribution < -0.4 is 15.5 Å². The normalized spacial score (nSPS) is 10.6. The van der Waals surface area contributed by atoms with Crippen LogP contribution in [0, 0.1) is 12.7 Å². The highest BCUT2D eigenvalue weighted by Gasteiger charge is 2.09. The topological polar surface area (TPSA) is 79.8 Å². The lowest BCUT2D eigenvalue weighted by Gasteiger charge is -2.07. The van der Waals surface area contributed by atoms with Crippen molar-refractivity contribution in [3.63, 3.8) is 0 Å². The van der Waals surface area contributed by atoms with E-state index >= 15 is 0 Å². The zero-order valence-electron chi connectivity index (χ0n) is 16.3. The summed E-state index contributed by atoms with van der Waals surface area (Å²) in [5, 5.41) is 6.96. The first kappa shape index (κ1) is 20.7. The van der Waals surface area contributed by atoms with Crippen molar-refractivity contribution >= 4 is 23.8 Å². The highest BCUT2D eigenvalue weighted by molar-refractivity contribution is 5.91. The summed E-state index contributed by atoms with van der Waals surface area (Å²) >= 11 is 0. The van der Waals surface area contributed by atoms with E-state index in [1.165, 1.54) is 24.4 Å². The van der Waals surface area contributed by atoms with E-state index in [2.05, 4.69) is 15.8 Å². The molecule has 3 aromatic rings. The van der Waals surface area contributed by atoms with Gasteiger partial charge < -0.3 is 10.1 Å². The van der Waals surface area contributed by atoms with E-state index in [4.69, 9.17) is 4.74 Å². The third kappa shape index (κ3) is 6.00. The number of rotatable bonds is 7. The number of carbonyl (C=O) groups excluding carboxylic acids is 2. The molecule has 3 aromatic carbocycles. The van der Waals surface area contributed by atoms with Gasteiger partial charge in [0.25, 0.3) is 5.91 Å². The maximum atomic E-state index is 13.2. The van der Waals surface area contributed by atoms with E-state index in [1.54, 1.807) is 24.3 Å². The zero-order valence-corrected chi connectivity index (χ0v) is 16.3. The molecule has 0 aromatic heterocycles. The van der Waals surface area contributed by atoms with E-state index in [9.17, 15) is 14.0 Å². The Balaban J connectivity index is 1.48. The van der Waals surface area contributed by atoms with Gasteiger partial charge >= 0.3 is 5.97 Å². The summed E-state index contributed by atoms with van der Waals surface area (Å²) in [6, 6.07) is 19.5. The van der Waals surface area contributed by atoms with Gasteiger partial charge in [0.2, 0.25) is 0 Å². The molecule has 30 heavy (non-hydrogen) atoms. The van der Waals surface area contributed by atoms with Gasteiger partial charge in [0, 0.05) is 5.69 Å². The van der Waals surface area contributed by atoms with Gasteiger partial charge in [-0.1, -0.05) is 24.3 Å². The molecular formula is C23H20FN3O3. The molecule has 0 heterocycles. The molecular weight excluding hydrogens is 385 g/mol. The van der Waals surface area contributed by atoms with Crippen molar-refractivity contribution in [1.82, 2.24) is 5.43 Å². The third-order valence-corrected chi connectivity index (χ3v) is 4.14. The van der Waals surface area contributed by atoms with Crippen LogP contribution in [-0.4, -0.2) is 24.6 Å². The fourth-order valence-corrected chi connectivity index (χ4v) is 2.57. The number of halogens is 1. The highest BCUT2D eigenvalue weighted by Crippen LogP contribution is 2.14. The van der Waals surface area contributed by atoms with Crippen LogP contribution in [0.25, 0.3) is 0 Å². The molecule has 0 aliphatic carbocycles. The number of carbonyl (C=O) groups is 2. The summed E-state index contributed by atoms with van der Waals surface area (Å²) in [5.74, 6) is -1.13. The van der Waals surface area contributed by atoms with E-state index in [0.717, 1.165) is 17.3 Å². The lowest BCUT2D eigenvalue weighted by molar-refractivity contribution is -0.119. The fraction of sp³-hybridized carbons (Fsp3) is 0.0870. The predicted octanol–water partition coefficient (Wildman–Crippen LogP) is 3.92. The molecule has 0 spiro atoms. The summed E-state index contributed by atoms with van der Waals surface area (Å²) < 4.78 is 18.4. The molecule has 152 valence electrons. The maximum Gasteiger partial charge on any atom is 0.343 e. The van der Waals surface area contributed by atoms with Crippen LogP contribution in [0.1, 0.15) is 21.5 Å². The van der Waals surface area contributed by atoms with Crippen molar-refractivity contribution in [2.75, 3.05) is 11.9 Å². The second kappa shape index (κ2) is 9.97. The molecule has 0 atom stereocenters. The van der Waals surface area contributed by atoms with Crippen LogP contribution in [0.2, 0.25) is 0 Å². The number of benzene rings is 3. The minimum atomic E-state index is -0.649. The lowest BCUT2D eigenvalue weighted by Crippen LogP contribution is -2.26. The van der Waals surface area contributed by atoms with Crippen molar-refractivity contribution in [1.29, 1.82) is 0 Å². The Morgan fingerprint density at radius 2 is 1.80 bits per heavy atom. The van der Waals surface area contributed by atoms with E-state index in [-0.39, 0.29) is 18.0 Å². The number of aryl methyl sites for hydroxylation is 1. The third-order valence-electron chi connectivity index (χ3n) is 4.14. The molecule has 0 aliphatic rings. The Kier molecular flexibility index (Phi) is 6.89. The first-order chi connectivity index (χ1) is 14.5. The number of hydrogen-bond donors (Lipinski definition) is 2. The average molecular weight is 405 g/mol. The second-order valence-electron chi connectivity index (χ2n) is 6.43. The number of esters is 1. The number of anilines is 1. The van der Waals surface area contributed by atoms with Crippen molar-refractivity contribution in [3.05, 3.63) is 95.3 Å². The SMILES string of the molecule is Cc1ccccc1NCC(=O)N/N=C/c1ccc(OC(=O)c2cccc(F)c2)cc1. The highest BCUT2D eigenvalue weighted by atomic mass is 19.1. The Bertz CT molecular complexity index is 1070. The minimum absolute atomic E-state index is 0.0944. The number of para-hydroxylation sites is 1. The summed E-state index contributed by atoms with van der Waals surface area (Å²) in [4.78, 5) is 23.9. The molecule has 2 N–H and O–H groups in total. The molecule has 1 amide bonds. The Morgan fingerprint density at radius 3 is 2.53 bits per heavy atom. The summed E-state index contributed by atoms with van der Waals surface area (Å²) in [7, 11) is 0. The van der Waals surface area contributed by atoms with Gasteiger partial charge in [-0.15, -0.1) is 0 Å². The van der Waals surface area contributed by atoms with Crippen molar-refractivity contribution in [3.8, 4) is 5.75 Å². The minimum Gasteiger partial charge on any atom is -0.423 e. The van der Waals surface area contributed by atoms with Gasteiger partial charge in [0.1, 0.15) is 11.6 Å². The average Bonchev–Trinajstić information content (AvgIpc) is 2.74. The van der Waals surface area contributed by atoms with Gasteiger partial charge in [-0.2, -0.15) is 5.10 Å². The van der Waals surface area contributed by atoms with Crippen LogP contribution in [-0.2, 0) is 4.79 Å². The van der Waals surface area contributed by atoms with Crippen molar-refractivity contribution < 1.29 is 18.7 Å². The lowest BCUT2D eigenvalue weighted by atomic mass is 10.2. The van der Waals surface area contributed by atoms with Crippen LogP contribution in [0.3, 0.4) is 0 Å². The van der Waals surface area contributed by atoms with Crippen LogP contribution >= 0.6 is 0 Å². The number of hydrogen-bond acceptors (Lipinski definition) is 5. The van der Waals surface area contributed by atoms with Gasteiger partial charge in [0.15, 0.2) is 0 Å². The van der Waals surface area contributed by atoms with Gasteiger partial charge in [0.05, 0.1) is 18.3 Å². The number of hydrazone groups is 1. The van der Waals surface area contributed by atoms with Crippen molar-refractivity contribution in [2.24, 2.45) is 5.10 Å². The molecule has 0 saturated heterocycles. The molecule has 7 heteroatoms. The largest absolute Gasteiger partial charge is 0.423 e. The molecule has 0 fully saturated rings. The predicted molar refractivity (Wildman–Crippen MR) is 113 cm³/mol. The van der Waals surface area contributed by atoms with Crippen LogP contribution in [0.15, 0.2) is 77.9 Å². The zero-order chi connectivity index (χ0) is 21.3. The summed E-state index contributed by atoms with van der Waals surface area (Å²) in [5.41, 5.74) is 5.21. The molecule has 0 bridgehead atoms. The molecule has 0 radical (unpaired) electrons. The Hall–Kier alpha value is -4.00. The van der Waals surface area contributed by atoms with Crippen LogP contribution in [0.4, 0.5) is 10.1 Å². The number of nitrogens with zero attached hydrogens (tertiary/aromatic N) is 1. The van der Waals surface area contributed by atoms with Crippen LogP contribution in [0.5, 0.6) is 5.75 Å². The molecule has 6 nitrogen and oxygen atoms in total. The van der Waals surface area contributed by atoms with E-state index in [0.29, 0.717) is 11.3 Å². The monoisotopic (exact) mass is 405 g/mol. The summed E-state index contributed by atoms with van der Waals surface area (Å²) in [6.45, 7) is 2.05. The molecule has 0 aliphatic heterocycles. The summed E-state index contributed by atoms with van der Waals surface area (Å²) in [6.07, 6.45) is 1.48. The van der Waals surface area contributed by atoms with Crippen molar-refractivity contribution in [2.45, 2.75) is 6.92 Å². The van der Waals surface area contributed by atoms with E-state index < -0.39 is 11.8 Å². The first-order valence-corrected chi connectivity index (χ1v) is 9.20. The Labute approximate surface area is 173 Å². The molecule has 0 saturated carbocycles.